The lowest BCUT2D eigenvalue weighted by Gasteiger charge is -2.26. The largest absolute Gasteiger partial charge is 0.419 e. The molecule has 4 aromatic rings. The number of thiophene rings is 1. The molecule has 0 amide bonds. The summed E-state index contributed by atoms with van der Waals surface area (Å²) in [6.45, 7) is 3.54. The van der Waals surface area contributed by atoms with Gasteiger partial charge in [0.1, 0.15) is 5.82 Å². The van der Waals surface area contributed by atoms with Crippen molar-refractivity contribution in [2.75, 3.05) is 20.3 Å². The van der Waals surface area contributed by atoms with Crippen molar-refractivity contribution in [3.8, 4) is 10.8 Å². The van der Waals surface area contributed by atoms with Crippen LogP contribution in [-0.2, 0) is 11.3 Å². The minimum absolute atomic E-state index is 0.151. The van der Waals surface area contributed by atoms with Gasteiger partial charge in [-0.15, -0.1) is 21.5 Å². The molecule has 1 N–H and O–H groups in total. The zero-order valence-corrected chi connectivity index (χ0v) is 17.0. The molecule has 0 saturated carbocycles. The molecule has 8 nitrogen and oxygen atoms in total. The van der Waals surface area contributed by atoms with Crippen LogP contribution in [-0.4, -0.2) is 45.3 Å². The molecule has 0 fully saturated rings. The lowest BCUT2D eigenvalue weighted by atomic mass is 10.2. The SMILES string of the molecule is COCCN(Cc1nnc(-c2cccs2)o1)[C@@H](C)c1nc2ccccc2c(=O)[nH]1. The van der Waals surface area contributed by atoms with Crippen molar-refractivity contribution in [2.24, 2.45) is 0 Å². The predicted molar refractivity (Wildman–Crippen MR) is 111 cm³/mol. The summed E-state index contributed by atoms with van der Waals surface area (Å²) in [5.74, 6) is 1.59. The molecular weight excluding hydrogens is 390 g/mol. The van der Waals surface area contributed by atoms with Crippen LogP contribution in [0.4, 0.5) is 0 Å². The Bertz CT molecular complexity index is 1140. The van der Waals surface area contributed by atoms with Crippen molar-refractivity contribution in [1.82, 2.24) is 25.1 Å². The van der Waals surface area contributed by atoms with Crippen LogP contribution in [0.1, 0.15) is 24.7 Å². The van der Waals surface area contributed by atoms with Crippen LogP contribution >= 0.6 is 11.3 Å². The third kappa shape index (κ3) is 4.26. The first-order valence-electron chi connectivity index (χ1n) is 9.24. The molecule has 3 heterocycles. The number of rotatable bonds is 8. The Kier molecular flexibility index (Phi) is 5.79. The quantitative estimate of drug-likeness (QED) is 0.475. The minimum atomic E-state index is -0.181. The van der Waals surface area contributed by atoms with E-state index in [4.69, 9.17) is 9.15 Å². The normalized spacial score (nSPS) is 12.7. The van der Waals surface area contributed by atoms with E-state index < -0.39 is 0 Å². The Labute approximate surface area is 171 Å². The summed E-state index contributed by atoms with van der Waals surface area (Å²) < 4.78 is 11.1. The molecule has 0 saturated heterocycles. The fourth-order valence-corrected chi connectivity index (χ4v) is 3.73. The maximum Gasteiger partial charge on any atom is 0.258 e. The standard InChI is InChI=1S/C20H21N5O3S/c1-13(18-21-15-7-4-3-6-14(15)19(26)22-18)25(9-10-27-2)12-17-23-24-20(28-17)16-8-5-11-29-16/h3-8,11,13H,9-10,12H2,1-2H3,(H,21,22,26)/t13-/m0/s1. The molecule has 0 spiro atoms. The van der Waals surface area contributed by atoms with Crippen molar-refractivity contribution < 1.29 is 9.15 Å². The first-order chi connectivity index (χ1) is 14.2. The van der Waals surface area contributed by atoms with Crippen LogP contribution in [0.5, 0.6) is 0 Å². The van der Waals surface area contributed by atoms with Crippen LogP contribution < -0.4 is 5.56 Å². The number of methoxy groups -OCH3 is 1. The number of para-hydroxylation sites is 1. The van der Waals surface area contributed by atoms with E-state index in [-0.39, 0.29) is 11.6 Å². The minimum Gasteiger partial charge on any atom is -0.419 e. The molecule has 3 aromatic heterocycles. The molecule has 4 rings (SSSR count). The van der Waals surface area contributed by atoms with E-state index in [2.05, 4.69) is 25.1 Å². The third-order valence-corrected chi connectivity index (χ3v) is 5.55. The zero-order valence-electron chi connectivity index (χ0n) is 16.2. The number of benzene rings is 1. The second-order valence-electron chi connectivity index (χ2n) is 6.59. The molecule has 0 bridgehead atoms. The number of hydrogen-bond donors (Lipinski definition) is 1. The summed E-state index contributed by atoms with van der Waals surface area (Å²) >= 11 is 1.55. The molecular formula is C20H21N5O3S. The fraction of sp³-hybridized carbons (Fsp3) is 0.300. The van der Waals surface area contributed by atoms with Gasteiger partial charge < -0.3 is 14.1 Å². The van der Waals surface area contributed by atoms with Gasteiger partial charge in [0.15, 0.2) is 0 Å². The number of hydrogen-bond acceptors (Lipinski definition) is 8. The second kappa shape index (κ2) is 8.64. The number of fused-ring (bicyclic) bond motifs is 1. The smallest absolute Gasteiger partial charge is 0.258 e. The van der Waals surface area contributed by atoms with Crippen LogP contribution in [0.25, 0.3) is 21.7 Å². The molecule has 29 heavy (non-hydrogen) atoms. The molecule has 0 aliphatic heterocycles. The van der Waals surface area contributed by atoms with E-state index in [9.17, 15) is 4.79 Å². The maximum absolute atomic E-state index is 12.5. The monoisotopic (exact) mass is 411 g/mol. The summed E-state index contributed by atoms with van der Waals surface area (Å²) in [4.78, 5) is 23.0. The highest BCUT2D eigenvalue weighted by atomic mass is 32.1. The van der Waals surface area contributed by atoms with Gasteiger partial charge in [0.2, 0.25) is 5.89 Å². The molecule has 0 radical (unpaired) electrons. The second-order valence-corrected chi connectivity index (χ2v) is 7.53. The zero-order chi connectivity index (χ0) is 20.2. The Hall–Kier alpha value is -2.88. The van der Waals surface area contributed by atoms with Crippen LogP contribution in [0.15, 0.2) is 51.0 Å². The molecule has 1 atom stereocenters. The summed E-state index contributed by atoms with van der Waals surface area (Å²) in [7, 11) is 1.65. The van der Waals surface area contributed by atoms with Crippen molar-refractivity contribution in [2.45, 2.75) is 19.5 Å². The van der Waals surface area contributed by atoms with Gasteiger partial charge in [0, 0.05) is 13.7 Å². The first kappa shape index (κ1) is 19.4. The van der Waals surface area contributed by atoms with Crippen LogP contribution in [0.3, 0.4) is 0 Å². The van der Waals surface area contributed by atoms with Gasteiger partial charge in [-0.25, -0.2) is 4.98 Å². The molecule has 0 unspecified atom stereocenters. The lowest BCUT2D eigenvalue weighted by Crippen LogP contribution is -2.32. The average Bonchev–Trinajstić information content (AvgIpc) is 3.42. The topological polar surface area (TPSA) is 97.1 Å². The van der Waals surface area contributed by atoms with Gasteiger partial charge in [0.25, 0.3) is 11.4 Å². The van der Waals surface area contributed by atoms with E-state index in [1.807, 2.05) is 42.6 Å². The predicted octanol–water partition coefficient (Wildman–Crippen LogP) is 3.24. The van der Waals surface area contributed by atoms with E-state index in [0.717, 1.165) is 4.88 Å². The number of aromatic nitrogens is 4. The Morgan fingerprint density at radius 3 is 2.90 bits per heavy atom. The number of nitrogens with one attached hydrogen (secondary N) is 1. The Morgan fingerprint density at radius 2 is 2.10 bits per heavy atom. The molecule has 1 aromatic carbocycles. The van der Waals surface area contributed by atoms with Gasteiger partial charge in [-0.2, -0.15) is 0 Å². The van der Waals surface area contributed by atoms with Crippen molar-refractivity contribution in [3.05, 3.63) is 63.8 Å². The van der Waals surface area contributed by atoms with Crippen molar-refractivity contribution in [3.63, 3.8) is 0 Å². The molecule has 9 heteroatoms. The third-order valence-electron chi connectivity index (χ3n) is 4.69. The Morgan fingerprint density at radius 1 is 1.24 bits per heavy atom. The number of H-pyrrole nitrogens is 1. The van der Waals surface area contributed by atoms with E-state index in [0.29, 0.717) is 48.2 Å². The fourth-order valence-electron chi connectivity index (χ4n) is 3.08. The van der Waals surface area contributed by atoms with Crippen molar-refractivity contribution >= 4 is 22.2 Å². The highest BCUT2D eigenvalue weighted by Gasteiger charge is 2.22. The van der Waals surface area contributed by atoms with Gasteiger partial charge in [-0.3, -0.25) is 9.69 Å². The number of nitrogens with zero attached hydrogens (tertiary/aromatic N) is 4. The average molecular weight is 411 g/mol. The summed E-state index contributed by atoms with van der Waals surface area (Å²) in [5.41, 5.74) is 0.518. The van der Waals surface area contributed by atoms with Gasteiger partial charge in [0.05, 0.1) is 35.0 Å². The van der Waals surface area contributed by atoms with E-state index in [1.165, 1.54) is 0 Å². The summed E-state index contributed by atoms with van der Waals surface area (Å²) in [6.07, 6.45) is 0. The van der Waals surface area contributed by atoms with Gasteiger partial charge >= 0.3 is 0 Å². The van der Waals surface area contributed by atoms with Crippen molar-refractivity contribution in [1.29, 1.82) is 0 Å². The van der Waals surface area contributed by atoms with Gasteiger partial charge in [-0.05, 0) is 30.5 Å². The molecule has 0 aliphatic rings. The van der Waals surface area contributed by atoms with Gasteiger partial charge in [-0.1, -0.05) is 18.2 Å². The lowest BCUT2D eigenvalue weighted by molar-refractivity contribution is 0.109. The highest BCUT2D eigenvalue weighted by molar-refractivity contribution is 7.13. The number of aromatic amines is 1. The van der Waals surface area contributed by atoms with E-state index in [1.54, 1.807) is 24.5 Å². The van der Waals surface area contributed by atoms with E-state index >= 15 is 0 Å². The molecule has 150 valence electrons. The van der Waals surface area contributed by atoms with Crippen LogP contribution in [0.2, 0.25) is 0 Å². The first-order valence-corrected chi connectivity index (χ1v) is 10.1. The number of ether oxygens (including phenoxy) is 1. The van der Waals surface area contributed by atoms with Crippen LogP contribution in [0, 0.1) is 0 Å². The summed E-state index contributed by atoms with van der Waals surface area (Å²) in [6, 6.07) is 11.0. The Balaban J connectivity index is 1.60. The molecule has 0 aliphatic carbocycles. The summed E-state index contributed by atoms with van der Waals surface area (Å²) in [5, 5.41) is 10.9. The highest BCUT2D eigenvalue weighted by Crippen LogP contribution is 2.25. The maximum atomic E-state index is 12.5.